The lowest BCUT2D eigenvalue weighted by Crippen LogP contribution is -2.48. The van der Waals surface area contributed by atoms with Crippen LogP contribution in [0, 0.1) is 0 Å². The summed E-state index contributed by atoms with van der Waals surface area (Å²) < 4.78 is 14.0. The van der Waals surface area contributed by atoms with E-state index in [4.69, 9.17) is 15.2 Å². The zero-order chi connectivity index (χ0) is 27.3. The molecule has 0 aliphatic carbocycles. The van der Waals surface area contributed by atoms with Crippen LogP contribution in [0.15, 0.2) is 77.7 Å². The van der Waals surface area contributed by atoms with Crippen LogP contribution in [0.2, 0.25) is 0 Å². The second-order valence-corrected chi connectivity index (χ2v) is 10.5. The number of hydrogen-bond donors (Lipinski definition) is 4. The van der Waals surface area contributed by atoms with E-state index in [1.807, 2.05) is 72.8 Å². The van der Waals surface area contributed by atoms with E-state index in [9.17, 15) is 14.4 Å². The first-order chi connectivity index (χ1) is 18.1. The van der Waals surface area contributed by atoms with Gasteiger partial charge in [0.2, 0.25) is 5.91 Å². The summed E-state index contributed by atoms with van der Waals surface area (Å²) in [6, 6.07) is 21.8. The summed E-state index contributed by atoms with van der Waals surface area (Å²) in [5.74, 6) is 0.218. The number of alkyl carbamates (subject to hydrolysis) is 1. The number of nitrogens with one attached hydrogen (secondary N) is 3. The van der Waals surface area contributed by atoms with E-state index < -0.39 is 29.6 Å². The number of anilines is 1. The van der Waals surface area contributed by atoms with Crippen molar-refractivity contribution in [2.45, 2.75) is 49.8 Å². The normalized spacial score (nSPS) is 13.2. The lowest BCUT2D eigenvalue weighted by molar-refractivity contribution is -0.125. The van der Waals surface area contributed by atoms with Crippen molar-refractivity contribution in [2.24, 2.45) is 5.73 Å². The van der Waals surface area contributed by atoms with Gasteiger partial charge < -0.3 is 25.8 Å². The summed E-state index contributed by atoms with van der Waals surface area (Å²) in [7, 11) is 0. The predicted molar refractivity (Wildman–Crippen MR) is 146 cm³/mol. The summed E-state index contributed by atoms with van der Waals surface area (Å²) in [5, 5.41) is 6.02. The highest BCUT2D eigenvalue weighted by Gasteiger charge is 2.28. The monoisotopic (exact) mass is 534 g/mol. The van der Waals surface area contributed by atoms with E-state index in [0.29, 0.717) is 0 Å². The van der Waals surface area contributed by atoms with Crippen LogP contribution in [-0.4, -0.2) is 29.6 Å². The van der Waals surface area contributed by atoms with Crippen LogP contribution in [0.25, 0.3) is 0 Å². The van der Waals surface area contributed by atoms with E-state index in [-0.39, 0.29) is 12.5 Å². The van der Waals surface area contributed by atoms with Gasteiger partial charge in [0.15, 0.2) is 0 Å². The van der Waals surface area contributed by atoms with Crippen molar-refractivity contribution < 1.29 is 23.9 Å². The highest BCUT2D eigenvalue weighted by atomic mass is 32.2. The Morgan fingerprint density at radius 3 is 2.13 bits per heavy atom. The number of nitrogens with two attached hydrogens (primary N) is 1. The van der Waals surface area contributed by atoms with Crippen molar-refractivity contribution in [3.63, 3.8) is 0 Å². The first-order valence-corrected chi connectivity index (χ1v) is 12.9. The maximum absolute atomic E-state index is 12.9. The Labute approximate surface area is 225 Å². The number of carbonyl (C=O) groups is 3. The SMILES string of the molecule is CC(C)(C)OC(=O)N[C@@H](CC(N)=O)C(=O)NSc1ccccc1NC1c2ccccc2Oc2ccccc21. The quantitative estimate of drug-likeness (QED) is 0.303. The van der Waals surface area contributed by atoms with Crippen molar-refractivity contribution in [3.8, 4) is 11.5 Å². The van der Waals surface area contributed by atoms with Crippen molar-refractivity contribution >= 4 is 35.5 Å². The Balaban J connectivity index is 1.51. The third-order valence-electron chi connectivity index (χ3n) is 5.54. The fourth-order valence-corrected chi connectivity index (χ4v) is 4.67. The molecule has 9 nitrogen and oxygen atoms in total. The molecule has 1 atom stereocenters. The van der Waals surface area contributed by atoms with Crippen LogP contribution in [0.3, 0.4) is 0 Å². The molecule has 198 valence electrons. The molecule has 0 spiro atoms. The number of fused-ring (bicyclic) bond motifs is 2. The van der Waals surface area contributed by atoms with E-state index >= 15 is 0 Å². The predicted octanol–water partition coefficient (Wildman–Crippen LogP) is 4.89. The van der Waals surface area contributed by atoms with Crippen LogP contribution < -0.4 is 25.8 Å². The molecule has 0 fully saturated rings. The average Bonchev–Trinajstić information content (AvgIpc) is 2.86. The Kier molecular flexibility index (Phi) is 8.11. The molecule has 10 heteroatoms. The average molecular weight is 535 g/mol. The van der Waals surface area contributed by atoms with Crippen LogP contribution >= 0.6 is 11.9 Å². The molecule has 0 unspecified atom stereocenters. The number of carbonyl (C=O) groups excluding carboxylic acids is 3. The summed E-state index contributed by atoms with van der Waals surface area (Å²) in [6.45, 7) is 5.10. The second-order valence-electron chi connectivity index (χ2n) is 9.69. The first kappa shape index (κ1) is 26.9. The number of rotatable bonds is 8. The largest absolute Gasteiger partial charge is 0.457 e. The van der Waals surface area contributed by atoms with Gasteiger partial charge in [0, 0.05) is 11.1 Å². The van der Waals surface area contributed by atoms with Gasteiger partial charge >= 0.3 is 6.09 Å². The van der Waals surface area contributed by atoms with Gasteiger partial charge in [-0.25, -0.2) is 4.79 Å². The Morgan fingerprint density at radius 2 is 1.53 bits per heavy atom. The van der Waals surface area contributed by atoms with Crippen LogP contribution in [-0.2, 0) is 14.3 Å². The zero-order valence-corrected chi connectivity index (χ0v) is 22.1. The van der Waals surface area contributed by atoms with Gasteiger partial charge in [-0.2, -0.15) is 0 Å². The molecule has 4 rings (SSSR count). The maximum Gasteiger partial charge on any atom is 0.408 e. The minimum absolute atomic E-state index is 0.190. The molecule has 0 radical (unpaired) electrons. The molecular formula is C28H30N4O5S. The molecule has 5 N–H and O–H groups in total. The molecule has 3 amide bonds. The number of amides is 3. The third kappa shape index (κ3) is 6.77. The van der Waals surface area contributed by atoms with Gasteiger partial charge in [0.1, 0.15) is 23.1 Å². The smallest absolute Gasteiger partial charge is 0.408 e. The summed E-state index contributed by atoms with van der Waals surface area (Å²) in [5.41, 5.74) is 7.29. The van der Waals surface area contributed by atoms with Gasteiger partial charge in [0.05, 0.1) is 23.0 Å². The molecule has 38 heavy (non-hydrogen) atoms. The first-order valence-electron chi connectivity index (χ1n) is 12.1. The molecule has 0 saturated heterocycles. The highest BCUT2D eigenvalue weighted by molar-refractivity contribution is 7.98. The zero-order valence-electron chi connectivity index (χ0n) is 21.3. The van der Waals surface area contributed by atoms with Crippen LogP contribution in [0.1, 0.15) is 44.4 Å². The molecule has 0 bridgehead atoms. The van der Waals surface area contributed by atoms with Crippen molar-refractivity contribution in [1.29, 1.82) is 0 Å². The van der Waals surface area contributed by atoms with E-state index in [0.717, 1.165) is 45.2 Å². The van der Waals surface area contributed by atoms with Gasteiger partial charge in [0.25, 0.3) is 5.91 Å². The molecule has 0 aromatic heterocycles. The van der Waals surface area contributed by atoms with E-state index in [1.165, 1.54) is 0 Å². The minimum Gasteiger partial charge on any atom is -0.457 e. The van der Waals surface area contributed by atoms with Crippen molar-refractivity contribution in [2.75, 3.05) is 5.32 Å². The third-order valence-corrected chi connectivity index (χ3v) is 6.42. The van der Waals surface area contributed by atoms with Crippen molar-refractivity contribution in [1.82, 2.24) is 10.0 Å². The molecule has 3 aromatic rings. The lowest BCUT2D eigenvalue weighted by Gasteiger charge is -2.30. The molecule has 1 aliphatic heterocycles. The Hall–Kier alpha value is -4.18. The highest BCUT2D eigenvalue weighted by Crippen LogP contribution is 2.44. The summed E-state index contributed by atoms with van der Waals surface area (Å²) in [6.07, 6.45) is -1.19. The van der Waals surface area contributed by atoms with E-state index in [2.05, 4.69) is 15.4 Å². The molecule has 1 heterocycles. The number of primary amides is 1. The summed E-state index contributed by atoms with van der Waals surface area (Å²) >= 11 is 1.06. The van der Waals surface area contributed by atoms with Gasteiger partial charge in [-0.05, 0) is 57.0 Å². The number of benzene rings is 3. The Bertz CT molecular complexity index is 1300. The number of ether oxygens (including phenoxy) is 2. The fraction of sp³-hybridized carbons (Fsp3) is 0.250. The standard InChI is InChI=1S/C28H30N4O5S/c1-28(2,3)37-27(35)31-20(16-24(29)33)26(34)32-38-23-15-9-6-12-19(23)30-25-17-10-4-7-13-21(17)36-22-14-8-5-11-18(22)25/h4-15,20,25,30H,16H2,1-3H3,(H2,29,33)(H,31,35)(H,32,34)/t20-/m0/s1. The minimum atomic E-state index is -1.19. The summed E-state index contributed by atoms with van der Waals surface area (Å²) in [4.78, 5) is 37.4. The van der Waals surface area contributed by atoms with E-state index in [1.54, 1.807) is 20.8 Å². The van der Waals surface area contributed by atoms with Gasteiger partial charge in [-0.1, -0.05) is 48.5 Å². The second kappa shape index (κ2) is 11.5. The molecule has 0 saturated carbocycles. The van der Waals surface area contributed by atoms with Gasteiger partial charge in [-0.15, -0.1) is 0 Å². The van der Waals surface area contributed by atoms with Gasteiger partial charge in [-0.3, -0.25) is 14.3 Å². The van der Waals surface area contributed by atoms with Crippen molar-refractivity contribution in [3.05, 3.63) is 83.9 Å². The van der Waals surface area contributed by atoms with Crippen LogP contribution in [0.5, 0.6) is 11.5 Å². The topological polar surface area (TPSA) is 132 Å². The lowest BCUT2D eigenvalue weighted by atomic mass is 9.94. The molecule has 1 aliphatic rings. The molecule has 3 aromatic carbocycles. The molecular weight excluding hydrogens is 504 g/mol. The fourth-order valence-electron chi connectivity index (χ4n) is 3.93. The Morgan fingerprint density at radius 1 is 0.947 bits per heavy atom. The number of para-hydroxylation sites is 3. The van der Waals surface area contributed by atoms with Crippen LogP contribution in [0.4, 0.5) is 10.5 Å². The number of hydrogen-bond acceptors (Lipinski definition) is 7. The maximum atomic E-state index is 12.9.